The van der Waals surface area contributed by atoms with Gasteiger partial charge in [0.25, 0.3) is 15.6 Å². The normalized spacial score (nSPS) is 30.3. The average Bonchev–Trinajstić information content (AvgIpc) is 3.07. The van der Waals surface area contributed by atoms with Crippen LogP contribution in [0.3, 0.4) is 0 Å². The van der Waals surface area contributed by atoms with E-state index in [2.05, 4.69) is 23.8 Å². The Morgan fingerprint density at radius 3 is 2.63 bits per heavy atom. The Morgan fingerprint density at radius 2 is 1.96 bits per heavy atom. The van der Waals surface area contributed by atoms with Gasteiger partial charge in [-0.25, -0.2) is 19.3 Å². The van der Waals surface area contributed by atoms with Gasteiger partial charge in [0.05, 0.1) is 12.9 Å². The summed E-state index contributed by atoms with van der Waals surface area (Å²) >= 11 is 0. The highest BCUT2D eigenvalue weighted by Crippen LogP contribution is 2.52. The lowest BCUT2D eigenvalue weighted by Crippen LogP contribution is -2.34. The van der Waals surface area contributed by atoms with Crippen molar-refractivity contribution in [3.05, 3.63) is 12.7 Å². The maximum absolute atomic E-state index is 11.3. The Bertz CT molecular complexity index is 932. The van der Waals surface area contributed by atoms with Gasteiger partial charge in [-0.05, 0) is 0 Å². The number of fused-ring (bicyclic) bond motifs is 1. The molecule has 1 aliphatic rings. The van der Waals surface area contributed by atoms with E-state index >= 15 is 0 Å². The zero-order valence-electron chi connectivity index (χ0n) is 13.1. The number of anilines is 1. The summed E-state index contributed by atoms with van der Waals surface area (Å²) in [5.41, 5.74) is 6.06. The Hall–Kier alpha value is -1.51. The number of ether oxygens (including phenoxy) is 1. The number of nitrogen functional groups attached to an aromatic ring is 1. The number of aliphatic hydroxyl groups excluding tert-OH is 2. The lowest BCUT2D eigenvalue weighted by atomic mass is 10.1. The van der Waals surface area contributed by atoms with Crippen LogP contribution < -0.4 is 15.5 Å². The summed E-state index contributed by atoms with van der Waals surface area (Å²) in [7, 11) is -11.0. The van der Waals surface area contributed by atoms with Crippen LogP contribution in [0.15, 0.2) is 12.7 Å². The predicted molar refractivity (Wildman–Crippen MR) is 80.1 cm³/mol. The number of nitrogens with two attached hydrogens (primary N) is 1. The molecule has 1 saturated heterocycles. The highest BCUT2D eigenvalue weighted by atomic mass is 31.3. The van der Waals surface area contributed by atoms with Gasteiger partial charge in [0.1, 0.15) is 30.2 Å². The quantitative estimate of drug-likeness (QED) is 0.337. The molecule has 17 heteroatoms. The molecule has 2 aromatic rings. The van der Waals surface area contributed by atoms with Crippen LogP contribution in [0.4, 0.5) is 5.82 Å². The molecule has 27 heavy (non-hydrogen) atoms. The van der Waals surface area contributed by atoms with Gasteiger partial charge in [0.15, 0.2) is 17.7 Å². The molecule has 3 rings (SSSR count). The van der Waals surface area contributed by atoms with Crippen LogP contribution in [0.1, 0.15) is 6.23 Å². The number of rotatable bonds is 6. The molecule has 0 aliphatic carbocycles. The SMILES string of the molecule is Nc1ncnc2c1ncn2[C@@H]1O[C@H](COP(=O)([O-])OP(=O)([O-])O)[C@H](O)[C@@H]1O. The zero-order valence-corrected chi connectivity index (χ0v) is 14.9. The van der Waals surface area contributed by atoms with Gasteiger partial charge in [-0.1, -0.05) is 0 Å². The van der Waals surface area contributed by atoms with E-state index in [1.165, 1.54) is 10.9 Å². The van der Waals surface area contributed by atoms with Crippen LogP contribution in [0.25, 0.3) is 11.2 Å². The minimum Gasteiger partial charge on any atom is -0.756 e. The van der Waals surface area contributed by atoms with Gasteiger partial charge >= 0.3 is 0 Å². The molecular weight excluding hydrogens is 412 g/mol. The number of aromatic nitrogens is 4. The summed E-state index contributed by atoms with van der Waals surface area (Å²) < 4.78 is 36.1. The number of aliphatic hydroxyl groups is 2. The van der Waals surface area contributed by atoms with Crippen LogP contribution in [-0.4, -0.2) is 59.5 Å². The van der Waals surface area contributed by atoms with Crippen molar-refractivity contribution in [3.8, 4) is 0 Å². The summed E-state index contributed by atoms with van der Waals surface area (Å²) in [6.45, 7) is -0.904. The maximum atomic E-state index is 11.3. The third kappa shape index (κ3) is 4.33. The third-order valence-corrected chi connectivity index (χ3v) is 5.69. The fraction of sp³-hybridized carbons (Fsp3) is 0.500. The molecule has 1 fully saturated rings. The van der Waals surface area contributed by atoms with Crippen LogP contribution in [0.5, 0.6) is 0 Å². The highest BCUT2D eigenvalue weighted by Gasteiger charge is 2.45. The first-order valence-electron chi connectivity index (χ1n) is 7.14. The lowest BCUT2D eigenvalue weighted by molar-refractivity contribution is -0.242. The van der Waals surface area contributed by atoms with Crippen molar-refractivity contribution >= 4 is 32.6 Å². The third-order valence-electron chi connectivity index (χ3n) is 3.60. The molecule has 0 radical (unpaired) electrons. The molecule has 6 atom stereocenters. The van der Waals surface area contributed by atoms with Gasteiger partial charge in [-0.2, -0.15) is 0 Å². The minimum absolute atomic E-state index is 0.0714. The molecule has 0 spiro atoms. The van der Waals surface area contributed by atoms with Crippen LogP contribution in [-0.2, 0) is 22.7 Å². The van der Waals surface area contributed by atoms with Gasteiger partial charge in [0, 0.05) is 0 Å². The molecule has 1 aliphatic heterocycles. The van der Waals surface area contributed by atoms with E-state index in [4.69, 9.17) is 15.4 Å². The molecule has 0 aromatic carbocycles. The Kier molecular flexibility index (Phi) is 5.35. The molecule has 5 N–H and O–H groups in total. The first-order chi connectivity index (χ1) is 12.5. The molecule has 0 bridgehead atoms. The lowest BCUT2D eigenvalue weighted by Gasteiger charge is -2.28. The summed E-state index contributed by atoms with van der Waals surface area (Å²) in [5, 5.41) is 20.2. The summed E-state index contributed by atoms with van der Waals surface area (Å²) in [4.78, 5) is 41.9. The first-order valence-corrected chi connectivity index (χ1v) is 10.1. The van der Waals surface area contributed by atoms with Crippen molar-refractivity contribution in [2.75, 3.05) is 12.3 Å². The molecular formula is C10H13N5O10P2-2. The topological polar surface area (TPSA) is 238 Å². The summed E-state index contributed by atoms with van der Waals surface area (Å²) in [6.07, 6.45) is -3.40. The van der Waals surface area contributed by atoms with Crippen molar-refractivity contribution in [2.24, 2.45) is 0 Å². The van der Waals surface area contributed by atoms with Gasteiger partial charge in [-0.15, -0.1) is 0 Å². The molecule has 3 heterocycles. The monoisotopic (exact) mass is 425 g/mol. The van der Waals surface area contributed by atoms with E-state index in [9.17, 15) is 29.1 Å². The van der Waals surface area contributed by atoms with Crippen molar-refractivity contribution in [1.82, 2.24) is 19.5 Å². The number of nitrogens with zero attached hydrogens (tertiary/aromatic N) is 4. The molecule has 150 valence electrons. The number of phosphoric acid groups is 2. The number of hydrogen-bond donors (Lipinski definition) is 4. The van der Waals surface area contributed by atoms with E-state index in [1.807, 2.05) is 0 Å². The van der Waals surface area contributed by atoms with Crippen LogP contribution >= 0.6 is 15.6 Å². The van der Waals surface area contributed by atoms with Gasteiger partial charge < -0.3 is 39.9 Å². The van der Waals surface area contributed by atoms with Crippen LogP contribution in [0.2, 0.25) is 0 Å². The van der Waals surface area contributed by atoms with Gasteiger partial charge in [0.2, 0.25) is 0 Å². The Labute approximate surface area is 150 Å². The molecule has 2 aromatic heterocycles. The van der Waals surface area contributed by atoms with Crippen molar-refractivity contribution < 1.29 is 47.6 Å². The van der Waals surface area contributed by atoms with Crippen molar-refractivity contribution in [3.63, 3.8) is 0 Å². The second-order valence-electron chi connectivity index (χ2n) is 5.42. The second kappa shape index (κ2) is 7.14. The molecule has 2 unspecified atom stereocenters. The van der Waals surface area contributed by atoms with Crippen molar-refractivity contribution in [1.29, 1.82) is 0 Å². The van der Waals surface area contributed by atoms with E-state index in [-0.39, 0.29) is 17.0 Å². The number of phosphoric ester groups is 1. The maximum Gasteiger partial charge on any atom is 0.274 e. The fourth-order valence-corrected chi connectivity index (χ4v) is 4.00. The smallest absolute Gasteiger partial charge is 0.274 e. The first kappa shape index (κ1) is 20.2. The summed E-state index contributed by atoms with van der Waals surface area (Å²) in [5.74, 6) is 0.0714. The summed E-state index contributed by atoms with van der Waals surface area (Å²) in [6, 6.07) is 0. The fourth-order valence-electron chi connectivity index (χ4n) is 2.47. The molecule has 0 saturated carbocycles. The Balaban J connectivity index is 1.75. The average molecular weight is 425 g/mol. The number of hydrogen-bond acceptors (Lipinski definition) is 13. The number of imidazole rings is 1. The second-order valence-corrected chi connectivity index (χ2v) is 8.17. The predicted octanol–water partition coefficient (Wildman–Crippen LogP) is -3.01. The molecule has 15 nitrogen and oxygen atoms in total. The van der Waals surface area contributed by atoms with E-state index in [1.54, 1.807) is 0 Å². The highest BCUT2D eigenvalue weighted by molar-refractivity contribution is 7.59. The minimum atomic E-state index is -5.60. The Morgan fingerprint density at radius 1 is 1.26 bits per heavy atom. The van der Waals surface area contributed by atoms with Crippen LogP contribution in [0, 0.1) is 0 Å². The zero-order chi connectivity index (χ0) is 20.0. The van der Waals surface area contributed by atoms with Gasteiger partial charge in [-0.3, -0.25) is 13.7 Å². The standard InChI is InChI=1S/C10H15N5O10P2/c11-8-5-9(13-2-12-8)15(3-14-5)10-7(17)6(16)4(24-10)1-23-27(21,22)25-26(18,19)20/h2-4,6-7,10,16-17H,1H2,(H,21,22)(H2,11,12,13)(H2,18,19,20)/p-2/t4-,6+,7+,10-/m1/s1. The van der Waals surface area contributed by atoms with E-state index in [0.29, 0.717) is 0 Å². The largest absolute Gasteiger partial charge is 0.756 e. The van der Waals surface area contributed by atoms with Crippen molar-refractivity contribution in [2.45, 2.75) is 24.5 Å². The van der Waals surface area contributed by atoms with E-state index in [0.717, 1.165) is 6.33 Å². The molecule has 0 amide bonds. The van der Waals surface area contributed by atoms with E-state index < -0.39 is 46.8 Å².